The Labute approximate surface area is 174 Å². The van der Waals surface area contributed by atoms with E-state index in [1.165, 1.54) is 4.70 Å². The summed E-state index contributed by atoms with van der Waals surface area (Å²) in [5, 5.41) is 20.7. The molecule has 0 aliphatic carbocycles. The van der Waals surface area contributed by atoms with E-state index in [-0.39, 0.29) is 30.1 Å². The highest BCUT2D eigenvalue weighted by atomic mass is 32.1. The number of aliphatic hydroxyl groups excluding tert-OH is 2. The minimum atomic E-state index is -0.837. The number of hydrogen-bond donors (Lipinski definition) is 4. The molecule has 0 radical (unpaired) electrons. The summed E-state index contributed by atoms with van der Waals surface area (Å²) < 4.78 is 8.61. The van der Waals surface area contributed by atoms with E-state index >= 15 is 0 Å². The van der Waals surface area contributed by atoms with Gasteiger partial charge in [-0.25, -0.2) is 4.98 Å². The minimum absolute atomic E-state index is 0.0362. The largest absolute Gasteiger partial charge is 0.394 e. The number of ether oxygens (including phenoxy) is 1. The van der Waals surface area contributed by atoms with Gasteiger partial charge in [-0.3, -0.25) is 14.3 Å². The van der Waals surface area contributed by atoms with Crippen LogP contribution in [-0.4, -0.2) is 48.5 Å². The number of aliphatic hydroxyl groups is 2. The highest BCUT2D eigenvalue weighted by Crippen LogP contribution is 2.33. The average molecular weight is 425 g/mol. The van der Waals surface area contributed by atoms with Gasteiger partial charge < -0.3 is 20.7 Å². The van der Waals surface area contributed by atoms with E-state index in [1.807, 2.05) is 24.3 Å². The monoisotopic (exact) mass is 425 g/mol. The number of H-pyrrole nitrogens is 1. The van der Waals surface area contributed by atoms with Crippen molar-refractivity contribution in [1.29, 1.82) is 0 Å². The Morgan fingerprint density at radius 2 is 2.17 bits per heavy atom. The standard InChI is InChI=1S/C20H19N5O4S/c21-20-23-18-17(19(28)24-20)22-15(25(18)16-8-12(27)13(9-26)29-16)6-5-11-7-10-3-1-2-4-14(10)30-11/h1-7,12-13,16,26-27H,8-9H2,(H3,21,23,24,28)/b6-5+/t12-,13+,16+/m0/s1. The van der Waals surface area contributed by atoms with Crippen molar-refractivity contribution in [3.8, 4) is 0 Å². The molecule has 1 aliphatic heterocycles. The first-order chi connectivity index (χ1) is 14.5. The fourth-order valence-electron chi connectivity index (χ4n) is 3.70. The molecule has 1 aliphatic rings. The number of nitrogens with one attached hydrogen (secondary N) is 1. The molecular formula is C20H19N5O4S. The summed E-state index contributed by atoms with van der Waals surface area (Å²) in [4.78, 5) is 24.5. The number of anilines is 1. The molecule has 3 aromatic heterocycles. The van der Waals surface area contributed by atoms with Crippen LogP contribution in [-0.2, 0) is 4.74 Å². The molecule has 10 heteroatoms. The summed E-state index contributed by atoms with van der Waals surface area (Å²) in [7, 11) is 0. The summed E-state index contributed by atoms with van der Waals surface area (Å²) in [6.07, 6.45) is 1.73. The Bertz CT molecular complexity index is 1290. The summed E-state index contributed by atoms with van der Waals surface area (Å²) in [5.74, 6) is 0.410. The van der Waals surface area contributed by atoms with Crippen molar-refractivity contribution in [3.63, 3.8) is 0 Å². The smallest absolute Gasteiger partial charge is 0.280 e. The lowest BCUT2D eigenvalue weighted by molar-refractivity contribution is -0.0433. The van der Waals surface area contributed by atoms with Gasteiger partial charge in [-0.15, -0.1) is 11.3 Å². The van der Waals surface area contributed by atoms with Crippen molar-refractivity contribution < 1.29 is 14.9 Å². The molecule has 4 heterocycles. The maximum Gasteiger partial charge on any atom is 0.280 e. The molecule has 1 aromatic carbocycles. The van der Waals surface area contributed by atoms with Gasteiger partial charge in [-0.05, 0) is 29.7 Å². The second-order valence-electron chi connectivity index (χ2n) is 7.10. The molecule has 1 fully saturated rings. The molecule has 9 nitrogen and oxygen atoms in total. The van der Waals surface area contributed by atoms with Crippen LogP contribution >= 0.6 is 11.3 Å². The molecule has 0 saturated carbocycles. The van der Waals surface area contributed by atoms with E-state index in [9.17, 15) is 15.0 Å². The van der Waals surface area contributed by atoms with Crippen LogP contribution in [0.25, 0.3) is 33.4 Å². The predicted octanol–water partition coefficient (Wildman–Crippen LogP) is 1.73. The lowest BCUT2D eigenvalue weighted by Gasteiger charge is -2.15. The quantitative estimate of drug-likeness (QED) is 0.390. The number of imidazole rings is 1. The Morgan fingerprint density at radius 3 is 2.93 bits per heavy atom. The number of nitrogen functional groups attached to an aromatic ring is 1. The molecule has 5 N–H and O–H groups in total. The zero-order chi connectivity index (χ0) is 20.8. The maximum absolute atomic E-state index is 12.4. The molecule has 3 atom stereocenters. The predicted molar refractivity (Wildman–Crippen MR) is 115 cm³/mol. The number of nitrogens with zero attached hydrogens (tertiary/aromatic N) is 3. The van der Waals surface area contributed by atoms with Gasteiger partial charge in [0, 0.05) is 16.0 Å². The third kappa shape index (κ3) is 3.19. The first-order valence-corrected chi connectivity index (χ1v) is 10.2. The van der Waals surface area contributed by atoms with Crippen LogP contribution in [0.2, 0.25) is 0 Å². The van der Waals surface area contributed by atoms with Gasteiger partial charge in [0.1, 0.15) is 18.2 Å². The summed E-state index contributed by atoms with van der Waals surface area (Å²) >= 11 is 1.64. The lowest BCUT2D eigenvalue weighted by atomic mass is 10.2. The third-order valence-electron chi connectivity index (χ3n) is 5.11. The van der Waals surface area contributed by atoms with Crippen molar-refractivity contribution in [2.45, 2.75) is 24.9 Å². The van der Waals surface area contributed by atoms with E-state index in [1.54, 1.807) is 22.0 Å². The van der Waals surface area contributed by atoms with Crippen LogP contribution in [0.3, 0.4) is 0 Å². The Hall–Kier alpha value is -3.05. The van der Waals surface area contributed by atoms with Gasteiger partial charge in [0.2, 0.25) is 5.95 Å². The number of hydrogen-bond acceptors (Lipinski definition) is 8. The molecule has 0 unspecified atom stereocenters. The Morgan fingerprint density at radius 1 is 1.33 bits per heavy atom. The van der Waals surface area contributed by atoms with Crippen molar-refractivity contribution in [3.05, 3.63) is 51.4 Å². The van der Waals surface area contributed by atoms with Gasteiger partial charge in [0.15, 0.2) is 11.2 Å². The second kappa shape index (κ2) is 7.33. The number of fused-ring (bicyclic) bond motifs is 2. The third-order valence-corrected chi connectivity index (χ3v) is 6.19. The summed E-state index contributed by atoms with van der Waals surface area (Å²) in [6, 6.07) is 10.2. The van der Waals surface area contributed by atoms with E-state index in [0.717, 1.165) is 10.3 Å². The van der Waals surface area contributed by atoms with E-state index in [4.69, 9.17) is 10.5 Å². The van der Waals surface area contributed by atoms with Crippen LogP contribution in [0.1, 0.15) is 23.4 Å². The Balaban J connectivity index is 1.61. The zero-order valence-electron chi connectivity index (χ0n) is 15.7. The number of nitrogens with two attached hydrogens (primary N) is 1. The molecular weight excluding hydrogens is 406 g/mol. The van der Waals surface area contributed by atoms with E-state index < -0.39 is 24.0 Å². The number of rotatable bonds is 4. The zero-order valence-corrected chi connectivity index (χ0v) is 16.5. The molecule has 154 valence electrons. The van der Waals surface area contributed by atoms with Crippen molar-refractivity contribution in [2.75, 3.05) is 12.3 Å². The number of aromatic amines is 1. The Kier molecular flexibility index (Phi) is 4.63. The molecule has 1 saturated heterocycles. The van der Waals surface area contributed by atoms with E-state index in [0.29, 0.717) is 5.82 Å². The fourth-order valence-corrected chi connectivity index (χ4v) is 4.67. The molecule has 30 heavy (non-hydrogen) atoms. The molecule has 0 amide bonds. The normalized spacial score (nSPS) is 22.0. The van der Waals surface area contributed by atoms with Crippen molar-refractivity contribution >= 4 is 50.7 Å². The van der Waals surface area contributed by atoms with Gasteiger partial charge in [0.25, 0.3) is 5.56 Å². The van der Waals surface area contributed by atoms with Crippen molar-refractivity contribution in [1.82, 2.24) is 19.5 Å². The minimum Gasteiger partial charge on any atom is -0.394 e. The lowest BCUT2D eigenvalue weighted by Crippen LogP contribution is -2.24. The first kappa shape index (κ1) is 18.9. The fraction of sp³-hybridized carbons (Fsp3) is 0.250. The molecule has 4 aromatic rings. The van der Waals surface area contributed by atoms with Gasteiger partial charge >= 0.3 is 0 Å². The summed E-state index contributed by atoms with van der Waals surface area (Å²) in [5.41, 5.74) is 5.68. The first-order valence-electron chi connectivity index (χ1n) is 9.42. The topological polar surface area (TPSA) is 139 Å². The second-order valence-corrected chi connectivity index (χ2v) is 8.21. The molecule has 5 rings (SSSR count). The van der Waals surface area contributed by atoms with Gasteiger partial charge in [-0.2, -0.15) is 4.98 Å². The highest BCUT2D eigenvalue weighted by molar-refractivity contribution is 7.19. The van der Waals surface area contributed by atoms with Crippen molar-refractivity contribution in [2.24, 2.45) is 0 Å². The molecule has 0 bridgehead atoms. The average Bonchev–Trinajstić information content (AvgIpc) is 3.40. The maximum atomic E-state index is 12.4. The SMILES string of the molecule is Nc1nc2c(nc(/C=C/c3cc4ccccc4s3)n2[C@H]2C[C@H](O)[C@@H](CO)O2)c(=O)[nH]1. The van der Waals surface area contributed by atoms with E-state index in [2.05, 4.69) is 27.1 Å². The van der Waals surface area contributed by atoms with Crippen LogP contribution in [0, 0.1) is 0 Å². The van der Waals surface area contributed by atoms with Crippen LogP contribution < -0.4 is 11.3 Å². The summed E-state index contributed by atoms with van der Waals surface area (Å²) in [6.45, 7) is -0.312. The van der Waals surface area contributed by atoms with Crippen LogP contribution in [0.15, 0.2) is 35.1 Å². The van der Waals surface area contributed by atoms with Gasteiger partial charge in [-0.1, -0.05) is 18.2 Å². The van der Waals surface area contributed by atoms with Gasteiger partial charge in [0.05, 0.1) is 12.7 Å². The number of aromatic nitrogens is 4. The number of benzene rings is 1. The molecule has 0 spiro atoms. The van der Waals surface area contributed by atoms with Crippen LogP contribution in [0.5, 0.6) is 0 Å². The number of thiophene rings is 1. The highest BCUT2D eigenvalue weighted by Gasteiger charge is 2.36. The van der Waals surface area contributed by atoms with Crippen LogP contribution in [0.4, 0.5) is 5.95 Å².